The molecule has 0 unspecified atom stereocenters. The summed E-state index contributed by atoms with van der Waals surface area (Å²) in [6, 6.07) is 3.96. The van der Waals surface area contributed by atoms with Crippen LogP contribution in [-0.2, 0) is 10.0 Å². The molecule has 0 aliphatic heterocycles. The van der Waals surface area contributed by atoms with E-state index in [1.165, 1.54) is 23.5 Å². The first-order valence-electron chi connectivity index (χ1n) is 7.73. The standard InChI is InChI=1S/C16H20FN3O3S/c1-11-18-9-10-20(11)15-8-7-14(16(15)21)19(2)24(22,23)13-5-3-12(17)4-6-13/h3-6,9-10,14-16,21H,7-8H2,1-2H3/t14-,15-,16-/m1/s1. The Bertz CT molecular complexity index is 819. The van der Waals surface area contributed by atoms with Crippen LogP contribution >= 0.6 is 0 Å². The van der Waals surface area contributed by atoms with E-state index in [-0.39, 0.29) is 10.9 Å². The van der Waals surface area contributed by atoms with Crippen LogP contribution < -0.4 is 0 Å². The summed E-state index contributed by atoms with van der Waals surface area (Å²) in [6.07, 6.45) is 3.82. The van der Waals surface area contributed by atoms with E-state index in [2.05, 4.69) is 4.98 Å². The second-order valence-corrected chi connectivity index (χ2v) is 8.06. The van der Waals surface area contributed by atoms with Crippen LogP contribution in [0, 0.1) is 12.7 Å². The van der Waals surface area contributed by atoms with Crippen LogP contribution in [0.25, 0.3) is 0 Å². The molecule has 130 valence electrons. The molecule has 1 aromatic heterocycles. The maximum Gasteiger partial charge on any atom is 0.243 e. The molecule has 0 amide bonds. The lowest BCUT2D eigenvalue weighted by molar-refractivity contribution is 0.0877. The van der Waals surface area contributed by atoms with Crippen molar-refractivity contribution in [1.29, 1.82) is 0 Å². The molecule has 0 bridgehead atoms. The number of hydrogen-bond acceptors (Lipinski definition) is 4. The van der Waals surface area contributed by atoms with E-state index in [0.29, 0.717) is 12.8 Å². The number of nitrogens with zero attached hydrogens (tertiary/aromatic N) is 3. The Morgan fingerprint density at radius 2 is 1.96 bits per heavy atom. The number of sulfonamides is 1. The van der Waals surface area contributed by atoms with E-state index in [1.54, 1.807) is 12.4 Å². The molecular weight excluding hydrogens is 333 g/mol. The zero-order valence-electron chi connectivity index (χ0n) is 13.5. The lowest BCUT2D eigenvalue weighted by atomic mass is 10.2. The van der Waals surface area contributed by atoms with Crippen LogP contribution in [0.2, 0.25) is 0 Å². The highest BCUT2D eigenvalue weighted by molar-refractivity contribution is 7.89. The third-order valence-electron chi connectivity index (χ3n) is 4.72. The van der Waals surface area contributed by atoms with E-state index in [9.17, 15) is 17.9 Å². The van der Waals surface area contributed by atoms with Gasteiger partial charge in [0.15, 0.2) is 0 Å². The van der Waals surface area contributed by atoms with Gasteiger partial charge in [-0.15, -0.1) is 0 Å². The minimum absolute atomic E-state index is 0.0147. The van der Waals surface area contributed by atoms with Crippen LogP contribution in [0.5, 0.6) is 0 Å². The minimum Gasteiger partial charge on any atom is -0.389 e. The lowest BCUT2D eigenvalue weighted by Crippen LogP contribution is -2.43. The molecular formula is C16H20FN3O3S. The summed E-state index contributed by atoms with van der Waals surface area (Å²) in [6.45, 7) is 1.85. The number of hydrogen-bond donors (Lipinski definition) is 1. The normalized spacial score (nSPS) is 24.6. The van der Waals surface area contributed by atoms with Crippen molar-refractivity contribution in [2.24, 2.45) is 0 Å². The van der Waals surface area contributed by atoms with Gasteiger partial charge in [0.25, 0.3) is 0 Å². The highest BCUT2D eigenvalue weighted by Gasteiger charge is 2.42. The molecule has 3 rings (SSSR count). The second-order valence-electron chi connectivity index (χ2n) is 6.06. The van der Waals surface area contributed by atoms with Crippen molar-refractivity contribution >= 4 is 10.0 Å². The highest BCUT2D eigenvalue weighted by Crippen LogP contribution is 2.35. The summed E-state index contributed by atoms with van der Waals surface area (Å²) >= 11 is 0. The average Bonchev–Trinajstić information content (AvgIpc) is 3.12. The predicted octanol–water partition coefficient (Wildman–Crippen LogP) is 1.72. The molecule has 1 aliphatic carbocycles. The highest BCUT2D eigenvalue weighted by atomic mass is 32.2. The van der Waals surface area contributed by atoms with Crippen LogP contribution in [0.15, 0.2) is 41.6 Å². The van der Waals surface area contributed by atoms with Crippen molar-refractivity contribution in [3.8, 4) is 0 Å². The van der Waals surface area contributed by atoms with Gasteiger partial charge in [-0.1, -0.05) is 0 Å². The molecule has 3 atom stereocenters. The van der Waals surface area contributed by atoms with Gasteiger partial charge in [0.05, 0.1) is 23.1 Å². The van der Waals surface area contributed by atoms with Crippen LogP contribution in [-0.4, -0.2) is 46.6 Å². The maximum absolute atomic E-state index is 13.0. The average molecular weight is 353 g/mol. The molecule has 1 heterocycles. The topological polar surface area (TPSA) is 75.4 Å². The Morgan fingerprint density at radius 1 is 1.29 bits per heavy atom. The molecule has 0 spiro atoms. The summed E-state index contributed by atoms with van der Waals surface area (Å²) in [5, 5.41) is 10.7. The van der Waals surface area contributed by atoms with Gasteiger partial charge in [0.2, 0.25) is 10.0 Å². The number of likely N-dealkylation sites (N-methyl/N-ethyl adjacent to an activating group) is 1. The molecule has 1 aliphatic rings. The van der Waals surface area contributed by atoms with Crippen molar-refractivity contribution in [1.82, 2.24) is 13.9 Å². The number of aromatic nitrogens is 2. The summed E-state index contributed by atoms with van der Waals surface area (Å²) in [5.74, 6) is 0.289. The Labute approximate surface area is 140 Å². The fraction of sp³-hybridized carbons (Fsp3) is 0.438. The largest absolute Gasteiger partial charge is 0.389 e. The number of aryl methyl sites for hydroxylation is 1. The number of benzene rings is 1. The molecule has 8 heteroatoms. The van der Waals surface area contributed by atoms with Crippen molar-refractivity contribution in [2.45, 2.75) is 42.8 Å². The molecule has 24 heavy (non-hydrogen) atoms. The summed E-state index contributed by atoms with van der Waals surface area (Å²) < 4.78 is 41.5. The monoisotopic (exact) mass is 353 g/mol. The fourth-order valence-corrected chi connectivity index (χ4v) is 4.73. The number of imidazole rings is 1. The Morgan fingerprint density at radius 3 is 2.54 bits per heavy atom. The van der Waals surface area contributed by atoms with Gasteiger partial charge in [0, 0.05) is 19.4 Å². The van der Waals surface area contributed by atoms with Gasteiger partial charge >= 0.3 is 0 Å². The van der Waals surface area contributed by atoms with Gasteiger partial charge in [-0.2, -0.15) is 4.31 Å². The molecule has 0 saturated heterocycles. The lowest BCUT2D eigenvalue weighted by Gasteiger charge is -2.28. The summed E-state index contributed by atoms with van der Waals surface area (Å²) in [5.41, 5.74) is 0. The summed E-state index contributed by atoms with van der Waals surface area (Å²) in [4.78, 5) is 4.17. The Balaban J connectivity index is 1.84. The predicted molar refractivity (Wildman–Crippen MR) is 86.4 cm³/mol. The molecule has 1 N–H and O–H groups in total. The quantitative estimate of drug-likeness (QED) is 0.908. The third kappa shape index (κ3) is 2.85. The Kier molecular flexibility index (Phi) is 4.46. The van der Waals surface area contributed by atoms with Gasteiger partial charge in [-0.25, -0.2) is 17.8 Å². The smallest absolute Gasteiger partial charge is 0.243 e. The molecule has 0 radical (unpaired) electrons. The van der Waals surface area contributed by atoms with E-state index in [1.807, 2.05) is 11.5 Å². The number of halogens is 1. The molecule has 2 aromatic rings. The first kappa shape index (κ1) is 17.1. The SMILES string of the molecule is Cc1nccn1[C@@H]1CC[C@@H](N(C)S(=O)(=O)c2ccc(F)cc2)[C@H]1O. The van der Waals surface area contributed by atoms with Crippen molar-refractivity contribution in [2.75, 3.05) is 7.05 Å². The first-order chi connectivity index (χ1) is 11.3. The van der Waals surface area contributed by atoms with E-state index in [4.69, 9.17) is 0 Å². The van der Waals surface area contributed by atoms with Crippen molar-refractivity contribution in [3.63, 3.8) is 0 Å². The number of rotatable bonds is 4. The van der Waals surface area contributed by atoms with Crippen LogP contribution in [0.4, 0.5) is 4.39 Å². The maximum atomic E-state index is 13.0. The first-order valence-corrected chi connectivity index (χ1v) is 9.17. The Hall–Kier alpha value is -1.77. The zero-order chi connectivity index (χ0) is 17.5. The van der Waals surface area contributed by atoms with Gasteiger partial charge in [-0.3, -0.25) is 0 Å². The van der Waals surface area contributed by atoms with Gasteiger partial charge in [0.1, 0.15) is 11.6 Å². The molecule has 1 saturated carbocycles. The third-order valence-corrected chi connectivity index (χ3v) is 6.62. The zero-order valence-corrected chi connectivity index (χ0v) is 14.3. The van der Waals surface area contributed by atoms with Crippen molar-refractivity contribution in [3.05, 3.63) is 48.3 Å². The molecule has 1 aromatic carbocycles. The van der Waals surface area contributed by atoms with Crippen molar-refractivity contribution < 1.29 is 17.9 Å². The van der Waals surface area contributed by atoms with E-state index >= 15 is 0 Å². The number of aliphatic hydroxyl groups is 1. The minimum atomic E-state index is -3.79. The summed E-state index contributed by atoms with van der Waals surface area (Å²) in [7, 11) is -2.34. The van der Waals surface area contributed by atoms with Gasteiger partial charge < -0.3 is 9.67 Å². The number of aliphatic hydroxyl groups excluding tert-OH is 1. The van der Waals surface area contributed by atoms with Crippen LogP contribution in [0.3, 0.4) is 0 Å². The molecule has 1 fully saturated rings. The van der Waals surface area contributed by atoms with Crippen LogP contribution in [0.1, 0.15) is 24.7 Å². The van der Waals surface area contributed by atoms with E-state index < -0.39 is 28.0 Å². The van der Waals surface area contributed by atoms with E-state index in [0.717, 1.165) is 18.0 Å². The molecule has 6 nitrogen and oxygen atoms in total. The van der Waals surface area contributed by atoms with Gasteiger partial charge in [-0.05, 0) is 44.0 Å². The fourth-order valence-electron chi connectivity index (χ4n) is 3.33. The second kappa shape index (κ2) is 6.27.